The van der Waals surface area contributed by atoms with Gasteiger partial charge >= 0.3 is 0 Å². The van der Waals surface area contributed by atoms with E-state index in [9.17, 15) is 4.79 Å². The zero-order chi connectivity index (χ0) is 17.2. The van der Waals surface area contributed by atoms with E-state index >= 15 is 0 Å². The molecule has 0 aliphatic heterocycles. The first-order valence-electron chi connectivity index (χ1n) is 8.95. The van der Waals surface area contributed by atoms with Gasteiger partial charge in [0.1, 0.15) is 0 Å². The predicted molar refractivity (Wildman–Crippen MR) is 104 cm³/mol. The minimum Gasteiger partial charge on any atom is -0.479 e. The smallest absolute Gasteiger partial charge is 0.261 e. The molecule has 0 N–H and O–H groups in total. The number of hydrogen-bond acceptors (Lipinski definition) is 4. The normalized spacial score (nSPS) is 13.6. The molecule has 26 heavy (non-hydrogen) atoms. The van der Waals surface area contributed by atoms with E-state index in [-0.39, 0.29) is 18.0 Å². The molecule has 6 heteroatoms. The molecule has 1 saturated carbocycles. The van der Waals surface area contributed by atoms with Crippen LogP contribution in [-0.4, -0.2) is 16.2 Å². The number of rotatable bonds is 7. The molecule has 0 bridgehead atoms. The van der Waals surface area contributed by atoms with Crippen LogP contribution in [0.2, 0.25) is 0 Å². The van der Waals surface area contributed by atoms with Gasteiger partial charge in [0.2, 0.25) is 0 Å². The first kappa shape index (κ1) is 18.5. The molecule has 3 aromatic rings. The Labute approximate surface area is 158 Å². The van der Waals surface area contributed by atoms with Gasteiger partial charge in [-0.05, 0) is 42.7 Å². The maximum Gasteiger partial charge on any atom is 0.261 e. The fraction of sp³-hybridized carbons (Fsp3) is 0.400. The van der Waals surface area contributed by atoms with Crippen LogP contribution in [0.5, 0.6) is 5.88 Å². The highest BCUT2D eigenvalue weighted by Crippen LogP contribution is 2.32. The first-order chi connectivity index (χ1) is 12.3. The van der Waals surface area contributed by atoms with Crippen LogP contribution >= 0.6 is 12.4 Å². The van der Waals surface area contributed by atoms with Crippen molar-refractivity contribution >= 4 is 23.2 Å². The molecule has 1 aliphatic rings. The number of pyridine rings is 1. The van der Waals surface area contributed by atoms with Crippen molar-refractivity contribution in [2.24, 2.45) is 5.92 Å². The van der Waals surface area contributed by atoms with E-state index in [4.69, 9.17) is 9.15 Å². The minimum absolute atomic E-state index is 0. The third kappa shape index (κ3) is 3.78. The van der Waals surface area contributed by atoms with Crippen molar-refractivity contribution in [3.05, 3.63) is 47.2 Å². The summed E-state index contributed by atoms with van der Waals surface area (Å²) in [5.74, 6) is 1.97. The Hall–Kier alpha value is -2.27. The van der Waals surface area contributed by atoms with Crippen LogP contribution in [0.4, 0.5) is 0 Å². The molecule has 2 aromatic heterocycles. The number of halogens is 1. The quantitative estimate of drug-likeness (QED) is 0.564. The monoisotopic (exact) mass is 374 g/mol. The standard InChI is InChI=1S/C20H22N2O3.ClH/c1-2-3-8-24-19-10-16-9-15(18-11-21-13-25-18)6-7-17(16)20(23)22(19)12-14-4-5-14;/h6-7,9-11,13-14H,2-5,8,12H2,1H3;1H. The van der Waals surface area contributed by atoms with Crippen molar-refractivity contribution in [2.75, 3.05) is 6.61 Å². The molecule has 0 unspecified atom stereocenters. The van der Waals surface area contributed by atoms with E-state index in [2.05, 4.69) is 11.9 Å². The van der Waals surface area contributed by atoms with E-state index in [0.29, 0.717) is 29.6 Å². The Morgan fingerprint density at radius 1 is 1.31 bits per heavy atom. The van der Waals surface area contributed by atoms with Gasteiger partial charge in [0.15, 0.2) is 18.0 Å². The molecule has 138 valence electrons. The number of benzene rings is 1. The number of unbranched alkanes of at least 4 members (excludes halogenated alkanes) is 1. The minimum atomic E-state index is 0. The summed E-state index contributed by atoms with van der Waals surface area (Å²) in [4.78, 5) is 17.0. The molecule has 1 fully saturated rings. The second-order valence-electron chi connectivity index (χ2n) is 6.71. The lowest BCUT2D eigenvalue weighted by Gasteiger charge is -2.15. The molecule has 0 spiro atoms. The van der Waals surface area contributed by atoms with Crippen molar-refractivity contribution in [1.82, 2.24) is 9.55 Å². The highest BCUT2D eigenvalue weighted by Gasteiger charge is 2.24. The highest BCUT2D eigenvalue weighted by atomic mass is 35.5. The third-order valence-corrected chi connectivity index (χ3v) is 4.67. The van der Waals surface area contributed by atoms with Crippen molar-refractivity contribution in [2.45, 2.75) is 39.2 Å². The second kappa shape index (κ2) is 7.96. The molecule has 1 aromatic carbocycles. The molecule has 0 saturated heterocycles. The zero-order valence-corrected chi connectivity index (χ0v) is 15.6. The number of fused-ring (bicyclic) bond motifs is 1. The summed E-state index contributed by atoms with van der Waals surface area (Å²) in [6.45, 7) is 3.51. The highest BCUT2D eigenvalue weighted by molar-refractivity contribution is 5.86. The SMILES string of the molecule is CCCCOc1cc2cc(-c3cnco3)ccc2c(=O)n1CC1CC1.Cl. The third-order valence-electron chi connectivity index (χ3n) is 4.67. The van der Waals surface area contributed by atoms with Crippen LogP contribution in [0, 0.1) is 5.92 Å². The molecule has 2 heterocycles. The zero-order valence-electron chi connectivity index (χ0n) is 14.8. The molecule has 1 aliphatic carbocycles. The van der Waals surface area contributed by atoms with E-state index in [1.54, 1.807) is 6.20 Å². The van der Waals surface area contributed by atoms with Gasteiger partial charge in [0, 0.05) is 23.6 Å². The van der Waals surface area contributed by atoms with Gasteiger partial charge in [-0.3, -0.25) is 9.36 Å². The van der Waals surface area contributed by atoms with Gasteiger partial charge in [-0.25, -0.2) is 4.98 Å². The van der Waals surface area contributed by atoms with Crippen LogP contribution in [-0.2, 0) is 6.54 Å². The van der Waals surface area contributed by atoms with Gasteiger partial charge < -0.3 is 9.15 Å². The van der Waals surface area contributed by atoms with Gasteiger partial charge in [0.05, 0.1) is 12.8 Å². The lowest BCUT2D eigenvalue weighted by molar-refractivity contribution is 0.277. The van der Waals surface area contributed by atoms with E-state index in [1.165, 1.54) is 19.2 Å². The van der Waals surface area contributed by atoms with E-state index < -0.39 is 0 Å². The van der Waals surface area contributed by atoms with Crippen molar-refractivity contribution < 1.29 is 9.15 Å². The molecule has 4 rings (SSSR count). The summed E-state index contributed by atoms with van der Waals surface area (Å²) in [7, 11) is 0. The van der Waals surface area contributed by atoms with Crippen molar-refractivity contribution in [3.8, 4) is 17.2 Å². The maximum absolute atomic E-state index is 13.0. The van der Waals surface area contributed by atoms with Gasteiger partial charge in [-0.15, -0.1) is 12.4 Å². The Morgan fingerprint density at radius 2 is 2.15 bits per heavy atom. The lowest BCUT2D eigenvalue weighted by atomic mass is 10.1. The van der Waals surface area contributed by atoms with Crippen molar-refractivity contribution in [1.29, 1.82) is 0 Å². The topological polar surface area (TPSA) is 57.3 Å². The van der Waals surface area contributed by atoms with E-state index in [0.717, 1.165) is 30.3 Å². The van der Waals surface area contributed by atoms with Crippen LogP contribution in [0.3, 0.4) is 0 Å². The first-order valence-corrected chi connectivity index (χ1v) is 8.95. The van der Waals surface area contributed by atoms with Gasteiger partial charge in [-0.1, -0.05) is 19.4 Å². The van der Waals surface area contributed by atoms with Crippen molar-refractivity contribution in [3.63, 3.8) is 0 Å². The molecule has 0 atom stereocenters. The molecule has 0 amide bonds. The number of oxazole rings is 1. The number of hydrogen-bond donors (Lipinski definition) is 0. The Balaban J connectivity index is 0.00000196. The van der Waals surface area contributed by atoms with Gasteiger partial charge in [0.25, 0.3) is 5.56 Å². The number of nitrogens with zero attached hydrogens (tertiary/aromatic N) is 2. The van der Waals surface area contributed by atoms with E-state index in [1.807, 2.05) is 28.8 Å². The Bertz CT molecular complexity index is 930. The molecular formula is C20H23ClN2O3. The number of ether oxygens (including phenoxy) is 1. The summed E-state index contributed by atoms with van der Waals surface area (Å²) < 4.78 is 13.1. The average molecular weight is 375 g/mol. The fourth-order valence-corrected chi connectivity index (χ4v) is 3.02. The fourth-order valence-electron chi connectivity index (χ4n) is 3.02. The largest absolute Gasteiger partial charge is 0.479 e. The summed E-state index contributed by atoms with van der Waals surface area (Å²) in [6, 6.07) is 7.72. The average Bonchev–Trinajstić information content (AvgIpc) is 3.27. The summed E-state index contributed by atoms with van der Waals surface area (Å²) in [5.41, 5.74) is 0.934. The van der Waals surface area contributed by atoms with Crippen LogP contribution in [0.25, 0.3) is 22.1 Å². The predicted octanol–water partition coefficient (Wildman–Crippen LogP) is 4.67. The Kier molecular flexibility index (Phi) is 5.67. The number of aromatic nitrogens is 2. The summed E-state index contributed by atoms with van der Waals surface area (Å²) >= 11 is 0. The summed E-state index contributed by atoms with van der Waals surface area (Å²) in [6.07, 6.45) is 7.52. The van der Waals surface area contributed by atoms with Crippen LogP contribution in [0.1, 0.15) is 32.6 Å². The molecule has 5 nitrogen and oxygen atoms in total. The Morgan fingerprint density at radius 3 is 2.85 bits per heavy atom. The van der Waals surface area contributed by atoms with Crippen LogP contribution in [0.15, 0.2) is 46.1 Å². The molecular weight excluding hydrogens is 352 g/mol. The second-order valence-corrected chi connectivity index (χ2v) is 6.71. The molecule has 0 radical (unpaired) electrons. The summed E-state index contributed by atoms with van der Waals surface area (Å²) in [5, 5.41) is 1.59. The van der Waals surface area contributed by atoms with Gasteiger partial charge in [-0.2, -0.15) is 0 Å². The lowest BCUT2D eigenvalue weighted by Crippen LogP contribution is -2.23. The maximum atomic E-state index is 13.0. The van der Waals surface area contributed by atoms with Crippen LogP contribution < -0.4 is 10.3 Å².